The Kier molecular flexibility index (Phi) is 14.0. The Hall–Kier alpha value is -3.09. The van der Waals surface area contributed by atoms with Crippen molar-refractivity contribution in [2.45, 2.75) is 136 Å². The molecule has 1 heterocycles. The first-order valence-electron chi connectivity index (χ1n) is 14.6. The summed E-state index contributed by atoms with van der Waals surface area (Å²) < 4.78 is 21.9. The molecule has 0 saturated carbocycles. The molecule has 1 aliphatic heterocycles. The third-order valence-electron chi connectivity index (χ3n) is 6.21. The van der Waals surface area contributed by atoms with E-state index in [0.717, 1.165) is 12.8 Å². The van der Waals surface area contributed by atoms with E-state index in [1.54, 1.807) is 67.5 Å². The number of amides is 3. The number of nitrogens with zero attached hydrogens (tertiary/aromatic N) is 2. The molecular weight excluding hydrogens is 546 g/mol. The number of hydrazone groups is 1. The molecule has 0 aromatic carbocycles. The van der Waals surface area contributed by atoms with Crippen molar-refractivity contribution in [2.75, 3.05) is 13.7 Å². The largest absolute Gasteiger partial charge is 0.458 e. The normalized spacial score (nSPS) is 19.2. The summed E-state index contributed by atoms with van der Waals surface area (Å²) in [6, 6.07) is -0.823. The zero-order valence-corrected chi connectivity index (χ0v) is 27.3. The van der Waals surface area contributed by atoms with Gasteiger partial charge in [0.05, 0.1) is 6.54 Å². The summed E-state index contributed by atoms with van der Waals surface area (Å²) in [7, 11) is 1.55. The Morgan fingerprint density at radius 3 is 2.10 bits per heavy atom. The van der Waals surface area contributed by atoms with Gasteiger partial charge in [-0.2, -0.15) is 5.10 Å². The van der Waals surface area contributed by atoms with E-state index in [1.165, 1.54) is 13.3 Å². The van der Waals surface area contributed by atoms with Crippen LogP contribution in [0.1, 0.15) is 101 Å². The lowest BCUT2D eigenvalue weighted by Crippen LogP contribution is -2.46. The second kappa shape index (κ2) is 15.9. The van der Waals surface area contributed by atoms with E-state index in [9.17, 15) is 19.2 Å². The molecule has 1 saturated heterocycles. The van der Waals surface area contributed by atoms with E-state index in [1.807, 2.05) is 0 Å². The maximum Gasteiger partial charge on any atom is 0.412 e. The molecule has 242 valence electrons. The number of hydrogen-bond donors (Lipinski definition) is 3. The number of esters is 1. The van der Waals surface area contributed by atoms with Crippen molar-refractivity contribution >= 4 is 30.4 Å². The second-order valence-corrected chi connectivity index (χ2v) is 13.2. The molecule has 42 heavy (non-hydrogen) atoms. The minimum absolute atomic E-state index is 0.0230. The average Bonchev–Trinajstić information content (AvgIpc) is 3.21. The van der Waals surface area contributed by atoms with Crippen LogP contribution in [0.2, 0.25) is 0 Å². The summed E-state index contributed by atoms with van der Waals surface area (Å²) in [6.07, 6.45) is 2.73. The lowest BCUT2D eigenvalue weighted by molar-refractivity contribution is -0.161. The van der Waals surface area contributed by atoms with Crippen molar-refractivity contribution in [1.82, 2.24) is 21.0 Å². The number of nitrogens with one attached hydrogen (secondary N) is 3. The Bertz CT molecular complexity index is 941. The summed E-state index contributed by atoms with van der Waals surface area (Å²) in [5.41, 5.74) is -2.38. The summed E-state index contributed by atoms with van der Waals surface area (Å²) in [5, 5.41) is 14.0. The minimum atomic E-state index is -1.05. The standard InChI is InChI=1S/C29H53N5O8/c1-12-13-20(23(39-11)33-19(2)35)16-21-14-15-22(24(36)40-27(3,4)5)34(21)32-18-31-26(38)42-29(9,10)17-30-25(37)41-28(6,7)8/h18,20-23H,12-17H2,1-11H3,(H,30,37)(H,33,35)(H,31,32,38). The smallest absolute Gasteiger partial charge is 0.412 e. The number of rotatable bonds is 13. The number of carbonyl (C=O) groups is 4. The van der Waals surface area contributed by atoms with Crippen LogP contribution in [0.15, 0.2) is 5.10 Å². The van der Waals surface area contributed by atoms with Crippen molar-refractivity contribution in [3.8, 4) is 0 Å². The SMILES string of the molecule is CCCC(CC1CCC(C(=O)OC(C)(C)C)N1/N=C/NC(=O)OC(C)(C)CNC(=O)OC(C)(C)C)C(NC(C)=O)OC. The number of ether oxygens (including phenoxy) is 4. The molecule has 4 unspecified atom stereocenters. The van der Waals surface area contributed by atoms with Gasteiger partial charge >= 0.3 is 18.2 Å². The minimum Gasteiger partial charge on any atom is -0.458 e. The van der Waals surface area contributed by atoms with Gasteiger partial charge in [0.1, 0.15) is 35.4 Å². The van der Waals surface area contributed by atoms with Crippen LogP contribution < -0.4 is 16.0 Å². The maximum absolute atomic E-state index is 13.1. The fraction of sp³-hybridized carbons (Fsp3) is 0.828. The monoisotopic (exact) mass is 599 g/mol. The zero-order valence-electron chi connectivity index (χ0n) is 27.3. The predicted octanol–water partition coefficient (Wildman–Crippen LogP) is 4.05. The van der Waals surface area contributed by atoms with Gasteiger partial charge in [0.25, 0.3) is 0 Å². The van der Waals surface area contributed by atoms with Crippen LogP contribution in [0.3, 0.4) is 0 Å². The summed E-state index contributed by atoms with van der Waals surface area (Å²) in [4.78, 5) is 49.4. The van der Waals surface area contributed by atoms with Gasteiger partial charge in [-0.25, -0.2) is 14.4 Å². The molecule has 3 amide bonds. The highest BCUT2D eigenvalue weighted by Crippen LogP contribution is 2.33. The molecule has 0 bridgehead atoms. The first kappa shape index (κ1) is 36.9. The van der Waals surface area contributed by atoms with Gasteiger partial charge in [-0.1, -0.05) is 13.3 Å². The van der Waals surface area contributed by atoms with Crippen LogP contribution in [0.5, 0.6) is 0 Å². The van der Waals surface area contributed by atoms with E-state index in [4.69, 9.17) is 18.9 Å². The number of alkyl carbamates (subject to hydrolysis) is 2. The Morgan fingerprint density at radius 2 is 1.57 bits per heavy atom. The van der Waals surface area contributed by atoms with E-state index in [0.29, 0.717) is 19.3 Å². The van der Waals surface area contributed by atoms with Gasteiger partial charge in [0.15, 0.2) is 0 Å². The van der Waals surface area contributed by atoms with E-state index < -0.39 is 47.2 Å². The summed E-state index contributed by atoms with van der Waals surface area (Å²) in [5.74, 6) is -0.626. The van der Waals surface area contributed by atoms with Gasteiger partial charge in [-0.05, 0) is 81.1 Å². The molecule has 3 N–H and O–H groups in total. The molecule has 4 atom stereocenters. The predicted molar refractivity (Wildman–Crippen MR) is 159 cm³/mol. The van der Waals surface area contributed by atoms with Gasteiger partial charge in [0.2, 0.25) is 5.91 Å². The molecule has 0 aromatic heterocycles. The van der Waals surface area contributed by atoms with Crippen LogP contribution in [0, 0.1) is 5.92 Å². The van der Waals surface area contributed by atoms with Crippen LogP contribution in [-0.4, -0.2) is 84.2 Å². The van der Waals surface area contributed by atoms with Crippen LogP contribution >= 0.6 is 0 Å². The maximum atomic E-state index is 13.1. The van der Waals surface area contributed by atoms with Crippen LogP contribution in [0.4, 0.5) is 9.59 Å². The first-order chi connectivity index (χ1) is 19.3. The molecular formula is C29H53N5O8. The first-order valence-corrected chi connectivity index (χ1v) is 14.6. The number of methoxy groups -OCH3 is 1. The molecule has 1 fully saturated rings. The highest BCUT2D eigenvalue weighted by molar-refractivity contribution is 5.82. The van der Waals surface area contributed by atoms with Gasteiger partial charge in [0, 0.05) is 26.0 Å². The molecule has 13 nitrogen and oxygen atoms in total. The Balaban J connectivity index is 3.00. The van der Waals surface area contributed by atoms with Gasteiger partial charge < -0.3 is 29.6 Å². The van der Waals surface area contributed by atoms with Crippen molar-refractivity contribution < 1.29 is 38.1 Å². The molecule has 13 heteroatoms. The summed E-state index contributed by atoms with van der Waals surface area (Å²) in [6.45, 7) is 17.5. The Labute approximate surface area is 250 Å². The molecule has 1 rings (SSSR count). The lowest BCUT2D eigenvalue weighted by Gasteiger charge is -2.33. The van der Waals surface area contributed by atoms with E-state index in [2.05, 4.69) is 28.0 Å². The molecule has 0 spiro atoms. The highest BCUT2D eigenvalue weighted by Gasteiger charge is 2.41. The number of hydrogen-bond acceptors (Lipinski definition) is 10. The topological polar surface area (TPSA) is 157 Å². The average molecular weight is 600 g/mol. The van der Waals surface area contributed by atoms with Crippen molar-refractivity contribution in [3.05, 3.63) is 0 Å². The third-order valence-corrected chi connectivity index (χ3v) is 6.21. The number of carbonyl (C=O) groups excluding carboxylic acids is 4. The van der Waals surface area contributed by atoms with Crippen LogP contribution in [-0.2, 0) is 28.5 Å². The van der Waals surface area contributed by atoms with Crippen molar-refractivity contribution in [3.63, 3.8) is 0 Å². The molecule has 1 aliphatic rings. The molecule has 0 aliphatic carbocycles. The quantitative estimate of drug-likeness (QED) is 0.0934. The Morgan fingerprint density at radius 1 is 0.952 bits per heavy atom. The molecule has 0 radical (unpaired) electrons. The lowest BCUT2D eigenvalue weighted by atomic mass is 9.92. The van der Waals surface area contributed by atoms with E-state index >= 15 is 0 Å². The highest BCUT2D eigenvalue weighted by atomic mass is 16.6. The van der Waals surface area contributed by atoms with Crippen LogP contribution in [0.25, 0.3) is 0 Å². The fourth-order valence-corrected chi connectivity index (χ4v) is 4.61. The van der Waals surface area contributed by atoms with E-state index in [-0.39, 0.29) is 24.4 Å². The molecule has 0 aromatic rings. The summed E-state index contributed by atoms with van der Waals surface area (Å²) >= 11 is 0. The van der Waals surface area contributed by atoms with Crippen molar-refractivity contribution in [1.29, 1.82) is 0 Å². The van der Waals surface area contributed by atoms with Crippen molar-refractivity contribution in [2.24, 2.45) is 11.0 Å². The van der Waals surface area contributed by atoms with Gasteiger partial charge in [-0.3, -0.25) is 15.1 Å². The van der Waals surface area contributed by atoms with Gasteiger partial charge in [-0.15, -0.1) is 0 Å². The fourth-order valence-electron chi connectivity index (χ4n) is 4.61. The second-order valence-electron chi connectivity index (χ2n) is 13.2. The zero-order chi connectivity index (χ0) is 32.3. The third kappa shape index (κ3) is 14.2.